The van der Waals surface area contributed by atoms with Crippen molar-refractivity contribution in [2.24, 2.45) is 0 Å². The molecule has 0 aliphatic heterocycles. The maximum Gasteiger partial charge on any atom is 0.411 e. The number of hydrogen-bond donors (Lipinski definition) is 1. The van der Waals surface area contributed by atoms with Crippen LogP contribution in [-0.2, 0) is 9.53 Å². The van der Waals surface area contributed by atoms with E-state index in [2.05, 4.69) is 4.74 Å². The topological polar surface area (TPSA) is 55.6 Å². The third-order valence-corrected chi connectivity index (χ3v) is 2.55. The molecule has 2 N–H and O–H groups in total. The number of carbonyl (C=O) groups excluding carboxylic acids is 1. The van der Waals surface area contributed by atoms with Gasteiger partial charge >= 0.3 is 6.18 Å². The number of amides is 1. The van der Waals surface area contributed by atoms with Crippen LogP contribution in [0.5, 0.6) is 0 Å². The molecule has 0 spiro atoms. The SMILES string of the molecule is CCN(C(=O)CCOCC(F)(F)F)c1ccc(N)cc1. The predicted molar refractivity (Wildman–Crippen MR) is 70.4 cm³/mol. The van der Waals surface area contributed by atoms with Gasteiger partial charge in [0.15, 0.2) is 0 Å². The van der Waals surface area contributed by atoms with Crippen molar-refractivity contribution in [3.05, 3.63) is 24.3 Å². The van der Waals surface area contributed by atoms with E-state index < -0.39 is 12.8 Å². The average Bonchev–Trinajstić information content (AvgIpc) is 2.37. The molecule has 0 heterocycles. The van der Waals surface area contributed by atoms with Crippen molar-refractivity contribution in [3.63, 3.8) is 0 Å². The van der Waals surface area contributed by atoms with E-state index in [1.165, 1.54) is 4.90 Å². The quantitative estimate of drug-likeness (QED) is 0.647. The molecule has 4 nitrogen and oxygen atoms in total. The third-order valence-electron chi connectivity index (χ3n) is 2.55. The summed E-state index contributed by atoms with van der Waals surface area (Å²) in [6, 6.07) is 6.69. The van der Waals surface area contributed by atoms with Crippen LogP contribution in [0.15, 0.2) is 24.3 Å². The fourth-order valence-electron chi connectivity index (χ4n) is 1.64. The zero-order valence-corrected chi connectivity index (χ0v) is 11.1. The van der Waals surface area contributed by atoms with Crippen LogP contribution in [0.4, 0.5) is 24.5 Å². The Balaban J connectivity index is 2.49. The van der Waals surface area contributed by atoms with Gasteiger partial charge in [0, 0.05) is 17.9 Å². The van der Waals surface area contributed by atoms with Crippen LogP contribution in [-0.4, -0.2) is 31.8 Å². The summed E-state index contributed by atoms with van der Waals surface area (Å²) >= 11 is 0. The standard InChI is InChI=1S/C13H17F3N2O2/c1-2-18(11-5-3-10(17)4-6-11)12(19)7-8-20-9-13(14,15)16/h3-6H,2,7-9,17H2,1H3. The maximum absolute atomic E-state index is 11.9. The zero-order valence-electron chi connectivity index (χ0n) is 11.1. The highest BCUT2D eigenvalue weighted by Gasteiger charge is 2.27. The highest BCUT2D eigenvalue weighted by molar-refractivity contribution is 5.93. The van der Waals surface area contributed by atoms with Crippen LogP contribution in [0.3, 0.4) is 0 Å². The van der Waals surface area contributed by atoms with Gasteiger partial charge in [-0.15, -0.1) is 0 Å². The Labute approximate surface area is 115 Å². The number of alkyl halides is 3. The first-order valence-corrected chi connectivity index (χ1v) is 6.14. The molecule has 1 rings (SSSR count). The van der Waals surface area contributed by atoms with Crippen molar-refractivity contribution in [1.29, 1.82) is 0 Å². The summed E-state index contributed by atoms with van der Waals surface area (Å²) in [6.07, 6.45) is -4.47. The first-order chi connectivity index (χ1) is 9.33. The van der Waals surface area contributed by atoms with Gasteiger partial charge in [0.1, 0.15) is 6.61 Å². The van der Waals surface area contributed by atoms with Crippen molar-refractivity contribution in [3.8, 4) is 0 Å². The maximum atomic E-state index is 11.9. The van der Waals surface area contributed by atoms with E-state index in [1.54, 1.807) is 31.2 Å². The second kappa shape index (κ2) is 7.14. The summed E-state index contributed by atoms with van der Waals surface area (Å²) in [4.78, 5) is 13.4. The fraction of sp³-hybridized carbons (Fsp3) is 0.462. The number of hydrogen-bond acceptors (Lipinski definition) is 3. The van der Waals surface area contributed by atoms with Gasteiger partial charge in [-0.25, -0.2) is 0 Å². The minimum absolute atomic E-state index is 0.103. The minimum atomic E-state index is -4.37. The highest BCUT2D eigenvalue weighted by Crippen LogP contribution is 2.18. The van der Waals surface area contributed by atoms with Gasteiger partial charge in [-0.3, -0.25) is 4.79 Å². The van der Waals surface area contributed by atoms with Crippen LogP contribution < -0.4 is 10.6 Å². The predicted octanol–water partition coefficient (Wildman–Crippen LogP) is 2.59. The molecule has 0 unspecified atom stereocenters. The average molecular weight is 290 g/mol. The lowest BCUT2D eigenvalue weighted by Crippen LogP contribution is -2.31. The largest absolute Gasteiger partial charge is 0.411 e. The molecular formula is C13H17F3N2O2. The Morgan fingerprint density at radius 3 is 2.40 bits per heavy atom. The highest BCUT2D eigenvalue weighted by atomic mass is 19.4. The number of nitrogens with zero attached hydrogens (tertiary/aromatic N) is 1. The van der Waals surface area contributed by atoms with Crippen molar-refractivity contribution >= 4 is 17.3 Å². The fourth-order valence-corrected chi connectivity index (χ4v) is 1.64. The van der Waals surface area contributed by atoms with Gasteiger partial charge in [-0.2, -0.15) is 13.2 Å². The number of ether oxygens (including phenoxy) is 1. The molecule has 0 fully saturated rings. The van der Waals surface area contributed by atoms with Crippen LogP contribution in [0.2, 0.25) is 0 Å². The Morgan fingerprint density at radius 1 is 1.30 bits per heavy atom. The van der Waals surface area contributed by atoms with Crippen LogP contribution >= 0.6 is 0 Å². The summed E-state index contributed by atoms with van der Waals surface area (Å²) in [7, 11) is 0. The number of rotatable bonds is 6. The molecule has 0 bridgehead atoms. The number of nitrogen functional groups attached to an aromatic ring is 1. The Bertz CT molecular complexity index is 432. The van der Waals surface area contributed by atoms with Crippen LogP contribution in [0.1, 0.15) is 13.3 Å². The van der Waals surface area contributed by atoms with Gasteiger partial charge in [-0.05, 0) is 31.2 Å². The molecule has 20 heavy (non-hydrogen) atoms. The number of benzene rings is 1. The number of halogens is 3. The summed E-state index contributed by atoms with van der Waals surface area (Å²) in [5.41, 5.74) is 6.78. The first-order valence-electron chi connectivity index (χ1n) is 6.14. The van der Waals surface area contributed by atoms with E-state index in [9.17, 15) is 18.0 Å². The number of nitrogens with two attached hydrogens (primary N) is 1. The molecule has 0 aliphatic rings. The first kappa shape index (κ1) is 16.3. The molecule has 0 saturated carbocycles. The van der Waals surface area contributed by atoms with E-state index in [0.29, 0.717) is 17.9 Å². The Hall–Kier alpha value is -1.76. The molecule has 1 amide bonds. The summed E-state index contributed by atoms with van der Waals surface area (Å²) in [5, 5.41) is 0. The second-order valence-corrected chi connectivity index (χ2v) is 4.15. The lowest BCUT2D eigenvalue weighted by molar-refractivity contribution is -0.174. The number of anilines is 2. The molecule has 0 atom stereocenters. The van der Waals surface area contributed by atoms with Gasteiger partial charge in [0.2, 0.25) is 5.91 Å². The lowest BCUT2D eigenvalue weighted by atomic mass is 10.2. The zero-order chi connectivity index (χ0) is 15.2. The van der Waals surface area contributed by atoms with Gasteiger partial charge in [0.25, 0.3) is 0 Å². The van der Waals surface area contributed by atoms with Crippen LogP contribution in [0.25, 0.3) is 0 Å². The van der Waals surface area contributed by atoms with E-state index in [4.69, 9.17) is 5.73 Å². The van der Waals surface area contributed by atoms with Crippen LogP contribution in [0, 0.1) is 0 Å². The van der Waals surface area contributed by atoms with E-state index in [-0.39, 0.29) is 18.9 Å². The van der Waals surface area contributed by atoms with E-state index in [1.807, 2.05) is 0 Å². The normalized spacial score (nSPS) is 11.4. The summed E-state index contributed by atoms with van der Waals surface area (Å²) in [5.74, 6) is -0.292. The summed E-state index contributed by atoms with van der Waals surface area (Å²) in [6.45, 7) is 0.602. The molecule has 0 radical (unpaired) electrons. The molecule has 1 aromatic rings. The molecule has 0 saturated heterocycles. The monoisotopic (exact) mass is 290 g/mol. The number of carbonyl (C=O) groups is 1. The lowest BCUT2D eigenvalue weighted by Gasteiger charge is -2.21. The Morgan fingerprint density at radius 2 is 1.90 bits per heavy atom. The summed E-state index contributed by atoms with van der Waals surface area (Å²) < 4.78 is 40.1. The molecular weight excluding hydrogens is 273 g/mol. The van der Waals surface area contributed by atoms with Crippen molar-refractivity contribution < 1.29 is 22.7 Å². The van der Waals surface area contributed by atoms with Gasteiger partial charge in [-0.1, -0.05) is 0 Å². The van der Waals surface area contributed by atoms with Gasteiger partial charge in [0.05, 0.1) is 13.0 Å². The van der Waals surface area contributed by atoms with Crippen molar-refractivity contribution in [2.75, 3.05) is 30.4 Å². The minimum Gasteiger partial charge on any atom is -0.399 e. The molecule has 1 aromatic carbocycles. The van der Waals surface area contributed by atoms with E-state index in [0.717, 1.165) is 0 Å². The molecule has 0 aromatic heterocycles. The van der Waals surface area contributed by atoms with Crippen molar-refractivity contribution in [1.82, 2.24) is 0 Å². The molecule has 112 valence electrons. The van der Waals surface area contributed by atoms with E-state index >= 15 is 0 Å². The molecule has 0 aliphatic carbocycles. The van der Waals surface area contributed by atoms with Gasteiger partial charge < -0.3 is 15.4 Å². The molecule has 7 heteroatoms. The Kier molecular flexibility index (Phi) is 5.82. The van der Waals surface area contributed by atoms with Crippen molar-refractivity contribution in [2.45, 2.75) is 19.5 Å². The second-order valence-electron chi connectivity index (χ2n) is 4.15. The third kappa shape index (κ3) is 5.48. The smallest absolute Gasteiger partial charge is 0.399 e.